The number of nitrogens with zero attached hydrogens (tertiary/aromatic N) is 1. The van der Waals surface area contributed by atoms with Crippen LogP contribution in [-0.4, -0.2) is 18.0 Å². The molecule has 1 aliphatic carbocycles. The number of carbonyl (C=O) groups is 1. The first-order chi connectivity index (χ1) is 9.74. The molecule has 0 radical (unpaired) electrons. The van der Waals surface area contributed by atoms with E-state index in [-0.39, 0.29) is 5.91 Å². The molecule has 1 aromatic heterocycles. The van der Waals surface area contributed by atoms with Gasteiger partial charge in [0.25, 0.3) is 0 Å². The molecular formula is C15H16N2O2S. The maximum atomic E-state index is 12.0. The summed E-state index contributed by atoms with van der Waals surface area (Å²) in [6, 6.07) is 5.71. The minimum atomic E-state index is 0.0348. The molecule has 0 fully saturated rings. The highest BCUT2D eigenvalue weighted by Crippen LogP contribution is 2.29. The Morgan fingerprint density at radius 2 is 2.45 bits per heavy atom. The summed E-state index contributed by atoms with van der Waals surface area (Å²) in [5.41, 5.74) is 0.881. The molecule has 1 heterocycles. The van der Waals surface area contributed by atoms with Gasteiger partial charge in [-0.15, -0.1) is 0 Å². The number of hydrogen-bond donors (Lipinski definition) is 1. The molecule has 104 valence electrons. The van der Waals surface area contributed by atoms with E-state index in [1.54, 1.807) is 7.11 Å². The number of ether oxygens (including phenoxy) is 1. The van der Waals surface area contributed by atoms with Gasteiger partial charge in [0.15, 0.2) is 5.13 Å². The highest BCUT2D eigenvalue weighted by Gasteiger charge is 2.15. The predicted octanol–water partition coefficient (Wildman–Crippen LogP) is 3.60. The molecule has 1 N–H and O–H groups in total. The number of benzene rings is 1. The number of fused-ring (bicyclic) bond motifs is 1. The fourth-order valence-electron chi connectivity index (χ4n) is 2.36. The molecule has 1 atom stereocenters. The quantitative estimate of drug-likeness (QED) is 0.875. The van der Waals surface area contributed by atoms with Crippen molar-refractivity contribution in [2.24, 2.45) is 5.92 Å². The summed E-state index contributed by atoms with van der Waals surface area (Å²) in [7, 11) is 1.64. The van der Waals surface area contributed by atoms with Crippen molar-refractivity contribution in [3.05, 3.63) is 30.4 Å². The average molecular weight is 288 g/mol. The summed E-state index contributed by atoms with van der Waals surface area (Å²) >= 11 is 1.47. The van der Waals surface area contributed by atoms with Gasteiger partial charge in [-0.25, -0.2) is 4.98 Å². The molecule has 4 nitrogen and oxygen atoms in total. The number of amides is 1. The number of rotatable bonds is 4. The number of nitrogens with one attached hydrogen (secondary N) is 1. The van der Waals surface area contributed by atoms with E-state index in [1.165, 1.54) is 11.3 Å². The smallest absolute Gasteiger partial charge is 0.226 e. The molecule has 3 rings (SSSR count). The summed E-state index contributed by atoms with van der Waals surface area (Å²) < 4.78 is 6.20. The molecule has 0 bridgehead atoms. The summed E-state index contributed by atoms with van der Waals surface area (Å²) in [6.45, 7) is 0. The Bertz CT molecular complexity index is 663. The predicted molar refractivity (Wildman–Crippen MR) is 81.3 cm³/mol. The van der Waals surface area contributed by atoms with E-state index in [4.69, 9.17) is 4.74 Å². The Kier molecular flexibility index (Phi) is 3.69. The number of hydrogen-bond acceptors (Lipinski definition) is 4. The van der Waals surface area contributed by atoms with Crippen molar-refractivity contribution < 1.29 is 9.53 Å². The highest BCUT2D eigenvalue weighted by molar-refractivity contribution is 7.22. The Labute approximate surface area is 121 Å². The average Bonchev–Trinajstić information content (AvgIpc) is 3.06. The van der Waals surface area contributed by atoms with Gasteiger partial charge >= 0.3 is 0 Å². The van der Waals surface area contributed by atoms with Crippen LogP contribution in [0.25, 0.3) is 10.2 Å². The van der Waals surface area contributed by atoms with Gasteiger partial charge in [-0.05, 0) is 37.0 Å². The molecule has 0 spiro atoms. The van der Waals surface area contributed by atoms with Gasteiger partial charge in [-0.1, -0.05) is 23.5 Å². The lowest BCUT2D eigenvalue weighted by Gasteiger charge is -2.06. The zero-order chi connectivity index (χ0) is 13.9. The second-order valence-corrected chi connectivity index (χ2v) is 5.90. The molecule has 5 heteroatoms. The van der Waals surface area contributed by atoms with Gasteiger partial charge in [-0.3, -0.25) is 4.79 Å². The molecule has 1 aromatic carbocycles. The van der Waals surface area contributed by atoms with Crippen molar-refractivity contribution in [1.82, 2.24) is 4.98 Å². The van der Waals surface area contributed by atoms with Crippen LogP contribution in [0.1, 0.15) is 19.3 Å². The van der Waals surface area contributed by atoms with Crippen molar-refractivity contribution in [1.29, 1.82) is 0 Å². The van der Waals surface area contributed by atoms with Crippen molar-refractivity contribution in [2.45, 2.75) is 19.3 Å². The van der Waals surface area contributed by atoms with E-state index < -0.39 is 0 Å². The number of aromatic nitrogens is 1. The van der Waals surface area contributed by atoms with E-state index in [0.29, 0.717) is 17.5 Å². The van der Waals surface area contributed by atoms with Gasteiger partial charge in [0.1, 0.15) is 5.75 Å². The van der Waals surface area contributed by atoms with Crippen LogP contribution in [-0.2, 0) is 4.79 Å². The molecular weight excluding hydrogens is 272 g/mol. The van der Waals surface area contributed by atoms with Crippen LogP contribution in [0.15, 0.2) is 30.4 Å². The largest absolute Gasteiger partial charge is 0.497 e. The Hall–Kier alpha value is -1.88. The number of anilines is 1. The van der Waals surface area contributed by atoms with Crippen molar-refractivity contribution >= 4 is 32.6 Å². The third-order valence-electron chi connectivity index (χ3n) is 3.40. The van der Waals surface area contributed by atoms with E-state index in [9.17, 15) is 4.79 Å². The minimum Gasteiger partial charge on any atom is -0.497 e. The third kappa shape index (κ3) is 2.82. The first-order valence-electron chi connectivity index (χ1n) is 6.65. The maximum Gasteiger partial charge on any atom is 0.226 e. The highest BCUT2D eigenvalue weighted by atomic mass is 32.1. The van der Waals surface area contributed by atoms with Crippen molar-refractivity contribution in [3.8, 4) is 5.75 Å². The topological polar surface area (TPSA) is 51.2 Å². The standard InChI is InChI=1S/C15H16N2O2S/c1-19-11-6-7-12-13(9-11)20-15(16-12)17-14(18)8-10-4-2-3-5-10/h2,4,6-7,9-10H,3,5,8H2,1H3,(H,16,17,18)/t10-/m1/s1. The fourth-order valence-corrected chi connectivity index (χ4v) is 3.27. The van der Waals surface area contributed by atoms with Crippen LogP contribution in [0.3, 0.4) is 0 Å². The van der Waals surface area contributed by atoms with E-state index in [1.807, 2.05) is 18.2 Å². The SMILES string of the molecule is COc1ccc2nc(NC(=O)C[C@@H]3C=CCC3)sc2c1. The van der Waals surface area contributed by atoms with E-state index >= 15 is 0 Å². The van der Waals surface area contributed by atoms with E-state index in [0.717, 1.165) is 28.8 Å². The number of methoxy groups -OCH3 is 1. The monoisotopic (exact) mass is 288 g/mol. The zero-order valence-electron chi connectivity index (χ0n) is 11.3. The number of allylic oxidation sites excluding steroid dienone is 2. The van der Waals surface area contributed by atoms with Crippen LogP contribution in [0.5, 0.6) is 5.75 Å². The van der Waals surface area contributed by atoms with Crippen molar-refractivity contribution in [2.75, 3.05) is 12.4 Å². The minimum absolute atomic E-state index is 0.0348. The van der Waals surface area contributed by atoms with Crippen LogP contribution in [0, 0.1) is 5.92 Å². The van der Waals surface area contributed by atoms with Gasteiger partial charge in [0.2, 0.25) is 5.91 Å². The Morgan fingerprint density at radius 1 is 1.55 bits per heavy atom. The zero-order valence-corrected chi connectivity index (χ0v) is 12.1. The maximum absolute atomic E-state index is 12.0. The number of carbonyl (C=O) groups excluding carboxylic acids is 1. The molecule has 1 aliphatic rings. The first-order valence-corrected chi connectivity index (χ1v) is 7.47. The molecule has 20 heavy (non-hydrogen) atoms. The van der Waals surface area contributed by atoms with Crippen molar-refractivity contribution in [3.63, 3.8) is 0 Å². The lowest BCUT2D eigenvalue weighted by Crippen LogP contribution is -2.14. The third-order valence-corrected chi connectivity index (χ3v) is 4.34. The summed E-state index contributed by atoms with van der Waals surface area (Å²) in [6.07, 6.45) is 6.96. The fraction of sp³-hybridized carbons (Fsp3) is 0.333. The molecule has 1 amide bonds. The lowest BCUT2D eigenvalue weighted by atomic mass is 10.1. The van der Waals surface area contributed by atoms with Crippen LogP contribution in [0.4, 0.5) is 5.13 Å². The first kappa shape index (κ1) is 13.1. The summed E-state index contributed by atoms with van der Waals surface area (Å²) in [4.78, 5) is 16.4. The normalized spacial score (nSPS) is 17.6. The van der Waals surface area contributed by atoms with Gasteiger partial charge < -0.3 is 10.1 Å². The molecule has 0 unspecified atom stereocenters. The second kappa shape index (κ2) is 5.63. The van der Waals surface area contributed by atoms with Crippen LogP contribution in [0.2, 0.25) is 0 Å². The molecule has 0 saturated heterocycles. The van der Waals surface area contributed by atoms with Gasteiger partial charge in [0, 0.05) is 6.42 Å². The second-order valence-electron chi connectivity index (χ2n) is 4.87. The summed E-state index contributed by atoms with van der Waals surface area (Å²) in [5.74, 6) is 1.21. The molecule has 0 saturated carbocycles. The molecule has 2 aromatic rings. The number of thiazole rings is 1. The Balaban J connectivity index is 1.70. The van der Waals surface area contributed by atoms with Gasteiger partial charge in [-0.2, -0.15) is 0 Å². The van der Waals surface area contributed by atoms with Crippen LogP contribution < -0.4 is 10.1 Å². The molecule has 0 aliphatic heterocycles. The summed E-state index contributed by atoms with van der Waals surface area (Å²) in [5, 5.41) is 3.54. The Morgan fingerprint density at radius 3 is 3.20 bits per heavy atom. The van der Waals surface area contributed by atoms with E-state index in [2.05, 4.69) is 22.5 Å². The van der Waals surface area contributed by atoms with Gasteiger partial charge in [0.05, 0.1) is 17.3 Å². The van der Waals surface area contributed by atoms with Crippen LogP contribution >= 0.6 is 11.3 Å². The lowest BCUT2D eigenvalue weighted by molar-refractivity contribution is -0.116.